The summed E-state index contributed by atoms with van der Waals surface area (Å²) in [6, 6.07) is 25.0. The maximum atomic E-state index is 13.6. The highest BCUT2D eigenvalue weighted by molar-refractivity contribution is 5.93. The zero-order valence-electron chi connectivity index (χ0n) is 20.7. The van der Waals surface area contributed by atoms with Crippen LogP contribution in [0.15, 0.2) is 78.9 Å². The Bertz CT molecular complexity index is 1320. The molecule has 4 aromatic rings. The van der Waals surface area contributed by atoms with Gasteiger partial charge in [-0.15, -0.1) is 0 Å². The number of aryl methyl sites for hydroxylation is 1. The highest BCUT2D eigenvalue weighted by atomic mass is 16.5. The van der Waals surface area contributed by atoms with Crippen molar-refractivity contribution in [2.24, 2.45) is 0 Å². The van der Waals surface area contributed by atoms with Crippen LogP contribution in [0.2, 0.25) is 0 Å². The standard InChI is InChI=1S/C30H31N3O3/c1-20-24(25-18-23(36-2)15-16-26(25)31-20)19-28(34)33-17-9-14-27(33)30(35)32-29(21-10-5-3-6-11-21)22-12-7-4-8-13-22/h3-8,10-13,15-16,18,27,29,31H,9,14,17,19H2,1-2H3,(H,32,35)/t27-/m0/s1. The van der Waals surface area contributed by atoms with Gasteiger partial charge in [0.15, 0.2) is 0 Å². The molecule has 1 saturated heterocycles. The van der Waals surface area contributed by atoms with E-state index in [4.69, 9.17) is 4.74 Å². The van der Waals surface area contributed by atoms with Crippen LogP contribution in [-0.4, -0.2) is 41.4 Å². The number of aromatic amines is 1. The molecule has 5 rings (SSSR count). The van der Waals surface area contributed by atoms with Crippen LogP contribution in [0, 0.1) is 6.92 Å². The van der Waals surface area contributed by atoms with Gasteiger partial charge < -0.3 is 19.9 Å². The fourth-order valence-corrected chi connectivity index (χ4v) is 5.20. The minimum absolute atomic E-state index is 0.0320. The summed E-state index contributed by atoms with van der Waals surface area (Å²) in [5.74, 6) is 0.604. The van der Waals surface area contributed by atoms with Gasteiger partial charge >= 0.3 is 0 Å². The monoisotopic (exact) mass is 481 g/mol. The molecule has 0 unspecified atom stereocenters. The Morgan fingerprint density at radius 3 is 2.33 bits per heavy atom. The highest BCUT2D eigenvalue weighted by Crippen LogP contribution is 2.29. The number of hydrogen-bond acceptors (Lipinski definition) is 3. The maximum absolute atomic E-state index is 13.6. The first-order valence-corrected chi connectivity index (χ1v) is 12.4. The molecule has 6 heteroatoms. The highest BCUT2D eigenvalue weighted by Gasteiger charge is 2.35. The lowest BCUT2D eigenvalue weighted by Crippen LogP contribution is -2.47. The van der Waals surface area contributed by atoms with Crippen LogP contribution in [-0.2, 0) is 16.0 Å². The number of amides is 2. The number of carbonyl (C=O) groups excluding carboxylic acids is 2. The molecular formula is C30H31N3O3. The van der Waals surface area contributed by atoms with Crippen molar-refractivity contribution < 1.29 is 14.3 Å². The summed E-state index contributed by atoms with van der Waals surface area (Å²) in [6.45, 7) is 2.57. The molecule has 2 amide bonds. The lowest BCUT2D eigenvalue weighted by molar-refractivity contribution is -0.138. The number of benzene rings is 3. The number of methoxy groups -OCH3 is 1. The molecule has 1 fully saturated rings. The Morgan fingerprint density at radius 1 is 1.03 bits per heavy atom. The average molecular weight is 482 g/mol. The van der Waals surface area contributed by atoms with E-state index in [2.05, 4.69) is 10.3 Å². The number of aromatic nitrogens is 1. The van der Waals surface area contributed by atoms with E-state index in [0.29, 0.717) is 13.0 Å². The fraction of sp³-hybridized carbons (Fsp3) is 0.267. The predicted molar refractivity (Wildman–Crippen MR) is 141 cm³/mol. The van der Waals surface area contributed by atoms with E-state index in [1.807, 2.05) is 85.8 Å². The largest absolute Gasteiger partial charge is 0.497 e. The Labute approximate surface area is 211 Å². The second kappa shape index (κ2) is 10.3. The summed E-state index contributed by atoms with van der Waals surface area (Å²) in [6.07, 6.45) is 1.71. The van der Waals surface area contributed by atoms with Gasteiger partial charge in [-0.25, -0.2) is 0 Å². The molecule has 0 saturated carbocycles. The van der Waals surface area contributed by atoms with Crippen LogP contribution in [0.5, 0.6) is 5.75 Å². The molecule has 1 aliphatic heterocycles. The quantitative estimate of drug-likeness (QED) is 0.393. The molecular weight excluding hydrogens is 450 g/mol. The van der Waals surface area contributed by atoms with Crippen LogP contribution in [0.1, 0.15) is 41.3 Å². The van der Waals surface area contributed by atoms with Gasteiger partial charge in [0, 0.05) is 23.1 Å². The molecule has 0 radical (unpaired) electrons. The molecule has 1 aliphatic rings. The first-order valence-electron chi connectivity index (χ1n) is 12.4. The van der Waals surface area contributed by atoms with Gasteiger partial charge in [0.25, 0.3) is 0 Å². The van der Waals surface area contributed by atoms with Crippen LogP contribution >= 0.6 is 0 Å². The number of likely N-dealkylation sites (tertiary alicyclic amines) is 1. The number of carbonyl (C=O) groups is 2. The average Bonchev–Trinajstić information content (AvgIpc) is 3.53. The third kappa shape index (κ3) is 4.71. The van der Waals surface area contributed by atoms with Gasteiger partial charge in [0.2, 0.25) is 11.8 Å². The van der Waals surface area contributed by atoms with Crippen molar-refractivity contribution in [1.82, 2.24) is 15.2 Å². The van der Waals surface area contributed by atoms with E-state index in [1.165, 1.54) is 0 Å². The van der Waals surface area contributed by atoms with E-state index in [-0.39, 0.29) is 24.3 Å². The van der Waals surface area contributed by atoms with Crippen LogP contribution in [0.25, 0.3) is 10.9 Å². The van der Waals surface area contributed by atoms with Gasteiger partial charge in [-0.2, -0.15) is 0 Å². The summed E-state index contributed by atoms with van der Waals surface area (Å²) in [4.78, 5) is 32.2. The number of nitrogens with one attached hydrogen (secondary N) is 2. The second-order valence-corrected chi connectivity index (χ2v) is 9.32. The SMILES string of the molecule is COc1ccc2[nH]c(C)c(CC(=O)N3CCC[C@H]3C(=O)NC(c3ccccc3)c3ccccc3)c2c1. The summed E-state index contributed by atoms with van der Waals surface area (Å²) in [7, 11) is 1.64. The van der Waals surface area contributed by atoms with Gasteiger partial charge in [-0.3, -0.25) is 9.59 Å². The van der Waals surface area contributed by atoms with Crippen molar-refractivity contribution in [3.8, 4) is 5.75 Å². The van der Waals surface area contributed by atoms with Gasteiger partial charge in [-0.1, -0.05) is 60.7 Å². The number of rotatable bonds is 7. The first kappa shape index (κ1) is 23.7. The molecule has 0 bridgehead atoms. The van der Waals surface area contributed by atoms with Gasteiger partial charge in [0.05, 0.1) is 19.6 Å². The zero-order chi connectivity index (χ0) is 25.1. The Hall–Kier alpha value is -4.06. The molecule has 184 valence electrons. The van der Waals surface area contributed by atoms with E-state index in [0.717, 1.165) is 45.5 Å². The molecule has 2 heterocycles. The number of ether oxygens (including phenoxy) is 1. The van der Waals surface area contributed by atoms with Gasteiger partial charge in [0.1, 0.15) is 11.8 Å². The predicted octanol–water partition coefficient (Wildman–Crippen LogP) is 4.92. The summed E-state index contributed by atoms with van der Waals surface area (Å²) in [5, 5.41) is 4.22. The molecule has 1 aromatic heterocycles. The lowest BCUT2D eigenvalue weighted by Gasteiger charge is -2.27. The van der Waals surface area contributed by atoms with E-state index >= 15 is 0 Å². The number of nitrogens with zero attached hydrogens (tertiary/aromatic N) is 1. The number of hydrogen-bond donors (Lipinski definition) is 2. The molecule has 0 aliphatic carbocycles. The number of fused-ring (bicyclic) bond motifs is 1. The maximum Gasteiger partial charge on any atom is 0.243 e. The second-order valence-electron chi connectivity index (χ2n) is 9.32. The normalized spacial score (nSPS) is 15.4. The molecule has 36 heavy (non-hydrogen) atoms. The minimum atomic E-state index is -0.479. The molecule has 3 aromatic carbocycles. The summed E-state index contributed by atoms with van der Waals surface area (Å²) < 4.78 is 5.39. The van der Waals surface area contributed by atoms with E-state index in [9.17, 15) is 9.59 Å². The van der Waals surface area contributed by atoms with Crippen molar-refractivity contribution in [1.29, 1.82) is 0 Å². The first-order chi connectivity index (χ1) is 17.5. The van der Waals surface area contributed by atoms with Crippen LogP contribution < -0.4 is 10.1 Å². The molecule has 6 nitrogen and oxygen atoms in total. The molecule has 0 spiro atoms. The molecule has 1 atom stereocenters. The van der Waals surface area contributed by atoms with Gasteiger partial charge in [-0.05, 0) is 54.7 Å². The van der Waals surface area contributed by atoms with E-state index < -0.39 is 6.04 Å². The van der Waals surface area contributed by atoms with Crippen molar-refractivity contribution in [3.05, 3.63) is 101 Å². The number of H-pyrrole nitrogens is 1. The lowest BCUT2D eigenvalue weighted by atomic mass is 9.98. The van der Waals surface area contributed by atoms with Crippen molar-refractivity contribution in [2.45, 2.75) is 38.3 Å². The topological polar surface area (TPSA) is 74.4 Å². The van der Waals surface area contributed by atoms with E-state index in [1.54, 1.807) is 12.0 Å². The third-order valence-corrected chi connectivity index (χ3v) is 7.08. The fourth-order valence-electron chi connectivity index (χ4n) is 5.20. The third-order valence-electron chi connectivity index (χ3n) is 7.08. The zero-order valence-corrected chi connectivity index (χ0v) is 20.7. The van der Waals surface area contributed by atoms with Crippen molar-refractivity contribution in [2.75, 3.05) is 13.7 Å². The Morgan fingerprint density at radius 2 is 1.69 bits per heavy atom. The summed E-state index contributed by atoms with van der Waals surface area (Å²) >= 11 is 0. The summed E-state index contributed by atoms with van der Waals surface area (Å²) in [5.41, 5.74) is 4.90. The van der Waals surface area contributed by atoms with Crippen LogP contribution in [0.3, 0.4) is 0 Å². The Balaban J connectivity index is 1.36. The van der Waals surface area contributed by atoms with Crippen molar-refractivity contribution >= 4 is 22.7 Å². The smallest absolute Gasteiger partial charge is 0.243 e. The minimum Gasteiger partial charge on any atom is -0.497 e. The van der Waals surface area contributed by atoms with Crippen molar-refractivity contribution in [3.63, 3.8) is 0 Å². The molecule has 2 N–H and O–H groups in total. The Kier molecular flexibility index (Phi) is 6.76. The van der Waals surface area contributed by atoms with Crippen LogP contribution in [0.4, 0.5) is 0 Å².